The number of ether oxygens (including phenoxy) is 1. The van der Waals surface area contributed by atoms with E-state index in [1.165, 1.54) is 0 Å². The van der Waals surface area contributed by atoms with Crippen molar-refractivity contribution in [2.45, 2.75) is 27.2 Å². The maximum atomic E-state index is 12.3. The van der Waals surface area contributed by atoms with Gasteiger partial charge in [0.25, 0.3) is 11.8 Å². The summed E-state index contributed by atoms with van der Waals surface area (Å²) in [6.45, 7) is 5.81. The quantitative estimate of drug-likeness (QED) is 0.551. The second-order valence-corrected chi connectivity index (χ2v) is 8.03. The van der Waals surface area contributed by atoms with E-state index in [2.05, 4.69) is 10.3 Å². The molecule has 1 aromatic carbocycles. The van der Waals surface area contributed by atoms with Gasteiger partial charge in [-0.1, -0.05) is 37.3 Å². The molecule has 1 aliphatic heterocycles. The Morgan fingerprint density at radius 2 is 1.79 bits per heavy atom. The normalized spacial score (nSPS) is 13.0. The average molecular weight is 415 g/mol. The van der Waals surface area contributed by atoms with Gasteiger partial charge in [-0.25, -0.2) is 9.78 Å². The molecule has 1 aliphatic rings. The van der Waals surface area contributed by atoms with Gasteiger partial charge in [-0.2, -0.15) is 0 Å². The molecule has 2 aromatic rings. The molecule has 0 aliphatic carbocycles. The molecule has 152 valence electrons. The molecule has 8 nitrogen and oxygen atoms in total. The summed E-state index contributed by atoms with van der Waals surface area (Å²) in [5, 5.41) is 2.88. The van der Waals surface area contributed by atoms with Crippen molar-refractivity contribution in [3.63, 3.8) is 0 Å². The monoisotopic (exact) mass is 415 g/mol. The van der Waals surface area contributed by atoms with Crippen LogP contribution in [0.5, 0.6) is 0 Å². The van der Waals surface area contributed by atoms with E-state index in [4.69, 9.17) is 4.74 Å². The van der Waals surface area contributed by atoms with Gasteiger partial charge in [-0.15, -0.1) is 0 Å². The molecule has 29 heavy (non-hydrogen) atoms. The van der Waals surface area contributed by atoms with Crippen LogP contribution in [0.2, 0.25) is 0 Å². The van der Waals surface area contributed by atoms with E-state index in [0.717, 1.165) is 16.2 Å². The summed E-state index contributed by atoms with van der Waals surface area (Å²) >= 11 is 1.03. The number of esters is 1. The second-order valence-electron chi connectivity index (χ2n) is 7.03. The highest BCUT2D eigenvalue weighted by Crippen LogP contribution is 2.25. The number of amides is 3. The first-order valence-corrected chi connectivity index (χ1v) is 9.99. The van der Waals surface area contributed by atoms with Crippen molar-refractivity contribution in [2.24, 2.45) is 5.92 Å². The van der Waals surface area contributed by atoms with Crippen molar-refractivity contribution >= 4 is 40.2 Å². The number of anilines is 1. The number of nitrogens with zero attached hydrogens (tertiary/aromatic N) is 2. The Labute approximate surface area is 171 Å². The van der Waals surface area contributed by atoms with Crippen molar-refractivity contribution < 1.29 is 23.9 Å². The van der Waals surface area contributed by atoms with E-state index in [1.54, 1.807) is 31.2 Å². The lowest BCUT2D eigenvalue weighted by Gasteiger charge is -2.12. The number of fused-ring (bicyclic) bond motifs is 1. The van der Waals surface area contributed by atoms with Gasteiger partial charge in [0.15, 0.2) is 5.13 Å². The number of hydrogen-bond donors (Lipinski definition) is 1. The highest BCUT2D eigenvalue weighted by atomic mass is 32.1. The number of imide groups is 1. The van der Waals surface area contributed by atoms with E-state index in [9.17, 15) is 19.2 Å². The first-order valence-electron chi connectivity index (χ1n) is 9.17. The zero-order valence-corrected chi connectivity index (χ0v) is 17.2. The summed E-state index contributed by atoms with van der Waals surface area (Å²) in [4.78, 5) is 54.6. The fraction of sp³-hybridized carbons (Fsp3) is 0.350. The summed E-state index contributed by atoms with van der Waals surface area (Å²) in [7, 11) is 0. The number of aromatic nitrogens is 1. The zero-order chi connectivity index (χ0) is 21.1. The number of benzene rings is 1. The molecule has 1 N–H and O–H groups in total. The topological polar surface area (TPSA) is 106 Å². The maximum Gasteiger partial charge on any atom is 0.350 e. The van der Waals surface area contributed by atoms with E-state index in [0.29, 0.717) is 28.3 Å². The molecule has 0 unspecified atom stereocenters. The minimum Gasteiger partial charge on any atom is -0.461 e. The number of aryl methyl sites for hydroxylation is 1. The van der Waals surface area contributed by atoms with Crippen LogP contribution in [-0.4, -0.2) is 46.7 Å². The minimum atomic E-state index is -0.472. The summed E-state index contributed by atoms with van der Waals surface area (Å²) in [6.07, 6.45) is -0.0722. The third-order valence-electron chi connectivity index (χ3n) is 4.22. The molecule has 0 radical (unpaired) electrons. The summed E-state index contributed by atoms with van der Waals surface area (Å²) < 4.78 is 5.20. The SMILES string of the molecule is Cc1nc(NC(=O)CCN2C(=O)c3ccccc3C2=O)sc1C(=O)OCC(C)C. The Hall–Kier alpha value is -3.07. The number of nitrogens with one attached hydrogen (secondary N) is 1. The first kappa shape index (κ1) is 20.7. The molecule has 0 saturated heterocycles. The fourth-order valence-electron chi connectivity index (χ4n) is 2.78. The van der Waals surface area contributed by atoms with Gasteiger partial charge < -0.3 is 10.1 Å². The van der Waals surface area contributed by atoms with Gasteiger partial charge in [0.05, 0.1) is 23.4 Å². The largest absolute Gasteiger partial charge is 0.461 e. The van der Waals surface area contributed by atoms with Crippen LogP contribution in [0, 0.1) is 12.8 Å². The lowest BCUT2D eigenvalue weighted by atomic mass is 10.1. The van der Waals surface area contributed by atoms with Crippen LogP contribution in [-0.2, 0) is 9.53 Å². The molecule has 3 amide bonds. The number of rotatable bonds is 7. The maximum absolute atomic E-state index is 12.3. The van der Waals surface area contributed by atoms with Crippen molar-refractivity contribution in [3.8, 4) is 0 Å². The number of carbonyl (C=O) groups is 4. The molecule has 2 heterocycles. The van der Waals surface area contributed by atoms with Gasteiger partial charge in [0.1, 0.15) is 4.88 Å². The molecule has 0 saturated carbocycles. The Kier molecular flexibility index (Phi) is 6.07. The van der Waals surface area contributed by atoms with Crippen LogP contribution in [0.15, 0.2) is 24.3 Å². The molecule has 9 heteroatoms. The Morgan fingerprint density at radius 1 is 1.17 bits per heavy atom. The predicted octanol–water partition coefficient (Wildman–Crippen LogP) is 2.89. The Balaban J connectivity index is 1.57. The van der Waals surface area contributed by atoms with Crippen LogP contribution in [0.4, 0.5) is 5.13 Å². The lowest BCUT2D eigenvalue weighted by Crippen LogP contribution is -2.32. The van der Waals surface area contributed by atoms with E-state index in [1.807, 2.05) is 13.8 Å². The van der Waals surface area contributed by atoms with E-state index in [-0.39, 0.29) is 24.0 Å². The molecular weight excluding hydrogens is 394 g/mol. The summed E-state index contributed by atoms with van der Waals surface area (Å²) in [5.41, 5.74) is 1.16. The van der Waals surface area contributed by atoms with Gasteiger partial charge in [-0.05, 0) is 25.0 Å². The van der Waals surface area contributed by atoms with Crippen molar-refractivity contribution in [1.82, 2.24) is 9.88 Å². The summed E-state index contributed by atoms with van der Waals surface area (Å²) in [5.74, 6) is -1.47. The summed E-state index contributed by atoms with van der Waals surface area (Å²) in [6, 6.07) is 6.56. The van der Waals surface area contributed by atoms with Crippen LogP contribution in [0.25, 0.3) is 0 Å². The number of thiazole rings is 1. The smallest absolute Gasteiger partial charge is 0.350 e. The number of hydrogen-bond acceptors (Lipinski definition) is 7. The molecule has 0 fully saturated rings. The molecular formula is C20H21N3O5S. The van der Waals surface area contributed by atoms with Gasteiger partial charge in [0, 0.05) is 13.0 Å². The zero-order valence-electron chi connectivity index (χ0n) is 16.4. The Morgan fingerprint density at radius 3 is 2.38 bits per heavy atom. The molecule has 0 bridgehead atoms. The van der Waals surface area contributed by atoms with Crippen molar-refractivity contribution in [3.05, 3.63) is 46.0 Å². The molecule has 0 atom stereocenters. The minimum absolute atomic E-state index is 0.0359. The molecule has 1 aromatic heterocycles. The van der Waals surface area contributed by atoms with Crippen LogP contribution < -0.4 is 5.32 Å². The van der Waals surface area contributed by atoms with Gasteiger partial charge in [0.2, 0.25) is 5.91 Å². The van der Waals surface area contributed by atoms with Crippen molar-refractivity contribution in [1.29, 1.82) is 0 Å². The highest BCUT2D eigenvalue weighted by molar-refractivity contribution is 7.17. The predicted molar refractivity (Wildman–Crippen MR) is 107 cm³/mol. The van der Waals surface area contributed by atoms with E-state index < -0.39 is 23.7 Å². The fourth-order valence-corrected chi connectivity index (χ4v) is 3.66. The third-order valence-corrected chi connectivity index (χ3v) is 5.27. The van der Waals surface area contributed by atoms with Crippen molar-refractivity contribution in [2.75, 3.05) is 18.5 Å². The molecule has 3 rings (SSSR count). The standard InChI is InChI=1S/C20H21N3O5S/c1-11(2)10-28-19(27)16-12(3)21-20(29-16)22-15(24)8-9-23-17(25)13-6-4-5-7-14(13)18(23)26/h4-7,11H,8-10H2,1-3H3,(H,21,22,24). The number of carbonyl (C=O) groups excluding carboxylic acids is 4. The van der Waals surface area contributed by atoms with Gasteiger partial charge in [-0.3, -0.25) is 19.3 Å². The van der Waals surface area contributed by atoms with Crippen LogP contribution in [0.3, 0.4) is 0 Å². The highest BCUT2D eigenvalue weighted by Gasteiger charge is 2.35. The van der Waals surface area contributed by atoms with Gasteiger partial charge >= 0.3 is 5.97 Å². The third kappa shape index (κ3) is 4.51. The average Bonchev–Trinajstić information content (AvgIpc) is 3.16. The second kappa shape index (κ2) is 8.52. The molecule has 0 spiro atoms. The Bertz CT molecular complexity index is 947. The first-order chi connectivity index (χ1) is 13.8. The lowest BCUT2D eigenvalue weighted by molar-refractivity contribution is -0.116. The van der Waals surface area contributed by atoms with Crippen LogP contribution >= 0.6 is 11.3 Å². The van der Waals surface area contributed by atoms with Crippen LogP contribution in [0.1, 0.15) is 56.3 Å². The van der Waals surface area contributed by atoms with E-state index >= 15 is 0 Å².